The second-order valence-electron chi connectivity index (χ2n) is 4.72. The molecule has 0 aliphatic carbocycles. The van der Waals surface area contributed by atoms with Crippen LogP contribution in [0.25, 0.3) is 0 Å². The van der Waals surface area contributed by atoms with E-state index >= 15 is 0 Å². The molecule has 4 nitrogen and oxygen atoms in total. The maximum absolute atomic E-state index is 11.8. The molecule has 4 heteroatoms. The first-order chi connectivity index (χ1) is 8.04. The van der Waals surface area contributed by atoms with Gasteiger partial charge in [0.1, 0.15) is 6.04 Å². The molecule has 0 fully saturated rings. The van der Waals surface area contributed by atoms with Crippen molar-refractivity contribution in [2.45, 2.75) is 39.4 Å². The molecule has 92 valence electrons. The van der Waals surface area contributed by atoms with Gasteiger partial charge in [-0.2, -0.15) is 0 Å². The Hall–Kier alpha value is -1.55. The second kappa shape index (κ2) is 4.37. The van der Waals surface area contributed by atoms with Gasteiger partial charge in [0.05, 0.1) is 11.4 Å². The molecule has 17 heavy (non-hydrogen) atoms. The largest absolute Gasteiger partial charge is 0.356 e. The number of carbonyl (C=O) groups excluding carboxylic acids is 1. The second-order valence-corrected chi connectivity index (χ2v) is 4.72. The molecule has 1 heterocycles. The summed E-state index contributed by atoms with van der Waals surface area (Å²) in [6, 6.07) is 6.08. The van der Waals surface area contributed by atoms with Crippen molar-refractivity contribution in [3.63, 3.8) is 0 Å². The number of nitrogens with zero attached hydrogens (tertiary/aromatic N) is 1. The Kier molecular flexibility index (Phi) is 3.07. The van der Waals surface area contributed by atoms with E-state index in [1.165, 1.54) is 0 Å². The van der Waals surface area contributed by atoms with Gasteiger partial charge in [-0.15, -0.1) is 0 Å². The van der Waals surface area contributed by atoms with Crippen LogP contribution in [0.4, 0.5) is 11.4 Å². The summed E-state index contributed by atoms with van der Waals surface area (Å²) in [7, 11) is 0. The quantitative estimate of drug-likeness (QED) is 0.817. The number of rotatable bonds is 2. The molecule has 1 aromatic rings. The monoisotopic (exact) mass is 233 g/mol. The van der Waals surface area contributed by atoms with Gasteiger partial charge < -0.3 is 16.0 Å². The van der Waals surface area contributed by atoms with Crippen LogP contribution in [-0.2, 0) is 11.3 Å². The molecule has 0 radical (unpaired) electrons. The number of anilines is 2. The summed E-state index contributed by atoms with van der Waals surface area (Å²) in [5.74, 6) is 0.0479. The van der Waals surface area contributed by atoms with E-state index in [4.69, 9.17) is 5.73 Å². The lowest BCUT2D eigenvalue weighted by Gasteiger charge is -2.39. The highest BCUT2D eigenvalue weighted by atomic mass is 16.2. The van der Waals surface area contributed by atoms with E-state index in [-0.39, 0.29) is 18.0 Å². The van der Waals surface area contributed by atoms with Gasteiger partial charge in [-0.05, 0) is 38.5 Å². The lowest BCUT2D eigenvalue weighted by atomic mass is 10.0. The van der Waals surface area contributed by atoms with Crippen LogP contribution in [0.5, 0.6) is 0 Å². The Morgan fingerprint density at radius 3 is 2.76 bits per heavy atom. The smallest absolute Gasteiger partial charge is 0.246 e. The minimum Gasteiger partial charge on any atom is -0.356 e. The van der Waals surface area contributed by atoms with Gasteiger partial charge in [0.15, 0.2) is 0 Å². The third-order valence-corrected chi connectivity index (χ3v) is 3.19. The van der Waals surface area contributed by atoms with Crippen LogP contribution in [-0.4, -0.2) is 18.0 Å². The zero-order chi connectivity index (χ0) is 12.6. The fourth-order valence-corrected chi connectivity index (χ4v) is 2.32. The van der Waals surface area contributed by atoms with Crippen molar-refractivity contribution in [1.29, 1.82) is 0 Å². The van der Waals surface area contributed by atoms with Crippen LogP contribution in [0, 0.1) is 0 Å². The SMILES string of the molecule is CC(C)N1c2cc(CN)ccc2NC(=O)C1C. The average molecular weight is 233 g/mol. The molecule has 3 N–H and O–H groups in total. The van der Waals surface area contributed by atoms with Crippen LogP contribution in [0.1, 0.15) is 26.3 Å². The highest BCUT2D eigenvalue weighted by Crippen LogP contribution is 2.34. The van der Waals surface area contributed by atoms with E-state index in [1.807, 2.05) is 19.1 Å². The average Bonchev–Trinajstić information content (AvgIpc) is 2.29. The van der Waals surface area contributed by atoms with Crippen LogP contribution in [0.3, 0.4) is 0 Å². The summed E-state index contributed by atoms with van der Waals surface area (Å²) < 4.78 is 0. The number of nitrogens with one attached hydrogen (secondary N) is 1. The van der Waals surface area contributed by atoms with Gasteiger partial charge in [0.25, 0.3) is 0 Å². The standard InChI is InChI=1S/C13H19N3O/c1-8(2)16-9(3)13(17)15-11-5-4-10(7-14)6-12(11)16/h4-6,8-9H,7,14H2,1-3H3,(H,15,17). The van der Waals surface area contributed by atoms with E-state index in [0.717, 1.165) is 16.9 Å². The topological polar surface area (TPSA) is 58.4 Å². The molecule has 0 aromatic heterocycles. The Morgan fingerprint density at radius 2 is 2.18 bits per heavy atom. The molecule has 0 bridgehead atoms. The molecule has 1 aromatic carbocycles. The lowest BCUT2D eigenvalue weighted by molar-refractivity contribution is -0.117. The number of amides is 1. The predicted octanol–water partition coefficient (Wildman–Crippen LogP) is 1.70. The Bertz CT molecular complexity index is 442. The van der Waals surface area contributed by atoms with Crippen LogP contribution < -0.4 is 16.0 Å². The van der Waals surface area contributed by atoms with E-state index in [1.54, 1.807) is 0 Å². The molecule has 2 rings (SSSR count). The highest BCUT2D eigenvalue weighted by molar-refractivity contribution is 6.03. The summed E-state index contributed by atoms with van der Waals surface area (Å²) in [6.07, 6.45) is 0. The van der Waals surface area contributed by atoms with Crippen molar-refractivity contribution >= 4 is 17.3 Å². The van der Waals surface area contributed by atoms with E-state index in [0.29, 0.717) is 6.54 Å². The minimum absolute atomic E-state index is 0.0479. The van der Waals surface area contributed by atoms with Crippen molar-refractivity contribution < 1.29 is 4.79 Å². The molecule has 1 atom stereocenters. The molecule has 0 saturated heterocycles. The van der Waals surface area contributed by atoms with Crippen molar-refractivity contribution in [3.8, 4) is 0 Å². The summed E-state index contributed by atoms with van der Waals surface area (Å²) in [4.78, 5) is 14.0. The third kappa shape index (κ3) is 2.00. The Balaban J connectivity index is 2.51. The first kappa shape index (κ1) is 11.9. The zero-order valence-electron chi connectivity index (χ0n) is 10.5. The normalized spacial score (nSPS) is 19.2. The number of benzene rings is 1. The number of nitrogens with two attached hydrogens (primary N) is 1. The minimum atomic E-state index is -0.143. The highest BCUT2D eigenvalue weighted by Gasteiger charge is 2.30. The van der Waals surface area contributed by atoms with Gasteiger partial charge in [-0.25, -0.2) is 0 Å². The van der Waals surface area contributed by atoms with Crippen LogP contribution in [0.2, 0.25) is 0 Å². The van der Waals surface area contributed by atoms with E-state index in [9.17, 15) is 4.79 Å². The zero-order valence-corrected chi connectivity index (χ0v) is 10.5. The number of carbonyl (C=O) groups is 1. The number of hydrogen-bond acceptors (Lipinski definition) is 3. The summed E-state index contributed by atoms with van der Waals surface area (Å²) in [5, 5.41) is 2.92. The van der Waals surface area contributed by atoms with E-state index in [2.05, 4.69) is 30.1 Å². The van der Waals surface area contributed by atoms with Crippen molar-refractivity contribution in [2.75, 3.05) is 10.2 Å². The maximum atomic E-state index is 11.8. The summed E-state index contributed by atoms with van der Waals surface area (Å²) >= 11 is 0. The lowest BCUT2D eigenvalue weighted by Crippen LogP contribution is -2.49. The van der Waals surface area contributed by atoms with E-state index < -0.39 is 0 Å². The van der Waals surface area contributed by atoms with Gasteiger partial charge in [-0.3, -0.25) is 4.79 Å². The first-order valence-electron chi connectivity index (χ1n) is 5.96. The van der Waals surface area contributed by atoms with Gasteiger partial charge >= 0.3 is 0 Å². The molecule has 0 spiro atoms. The first-order valence-corrected chi connectivity index (χ1v) is 5.96. The fraction of sp³-hybridized carbons (Fsp3) is 0.462. The Morgan fingerprint density at radius 1 is 1.47 bits per heavy atom. The Labute approximate surface area is 102 Å². The summed E-state index contributed by atoms with van der Waals surface area (Å²) in [5.41, 5.74) is 8.68. The molecule has 1 unspecified atom stereocenters. The van der Waals surface area contributed by atoms with Gasteiger partial charge in [-0.1, -0.05) is 6.07 Å². The molecular formula is C13H19N3O. The molecule has 0 saturated carbocycles. The van der Waals surface area contributed by atoms with Crippen molar-refractivity contribution in [3.05, 3.63) is 23.8 Å². The molecular weight excluding hydrogens is 214 g/mol. The molecule has 1 aliphatic rings. The van der Waals surface area contributed by atoms with Crippen molar-refractivity contribution in [1.82, 2.24) is 0 Å². The third-order valence-electron chi connectivity index (χ3n) is 3.19. The van der Waals surface area contributed by atoms with Crippen LogP contribution >= 0.6 is 0 Å². The van der Waals surface area contributed by atoms with Gasteiger partial charge in [0.2, 0.25) is 5.91 Å². The summed E-state index contributed by atoms with van der Waals surface area (Å²) in [6.45, 7) is 6.62. The van der Waals surface area contributed by atoms with Crippen molar-refractivity contribution in [2.24, 2.45) is 5.73 Å². The number of hydrogen-bond donors (Lipinski definition) is 2. The van der Waals surface area contributed by atoms with Crippen LogP contribution in [0.15, 0.2) is 18.2 Å². The maximum Gasteiger partial charge on any atom is 0.246 e. The fourth-order valence-electron chi connectivity index (χ4n) is 2.32. The molecule has 1 aliphatic heterocycles. The van der Waals surface area contributed by atoms with Gasteiger partial charge in [0, 0.05) is 12.6 Å². The number of fused-ring (bicyclic) bond motifs is 1. The predicted molar refractivity (Wildman–Crippen MR) is 70.0 cm³/mol. The molecule has 1 amide bonds.